The Balaban J connectivity index is 1.99. The highest BCUT2D eigenvalue weighted by atomic mass is 16.6. The molecule has 0 aromatic carbocycles. The highest BCUT2D eigenvalue weighted by Crippen LogP contribution is 2.08. The molecule has 0 saturated heterocycles. The van der Waals surface area contributed by atoms with Crippen LogP contribution >= 0.6 is 0 Å². The first-order valence-electron chi connectivity index (χ1n) is 5.45. The Bertz CT molecular complexity index is 609. The lowest BCUT2D eigenvalue weighted by Crippen LogP contribution is -2.23. The number of aromatic amines is 1. The zero-order valence-corrected chi connectivity index (χ0v) is 10.4. The molecule has 0 aliphatic heterocycles. The molecule has 0 aliphatic rings. The van der Waals surface area contributed by atoms with Crippen LogP contribution < -0.4 is 5.32 Å². The Hall–Kier alpha value is -2.71. The fraction of sp³-hybridized carbons (Fsp3) is 0.300. The summed E-state index contributed by atoms with van der Waals surface area (Å²) < 4.78 is 1.70. The summed E-state index contributed by atoms with van der Waals surface area (Å²) in [6, 6.07) is 2.92. The quantitative estimate of drug-likeness (QED) is 0.607. The largest absolute Gasteiger partial charge is 0.358 e. The standard InChI is InChI=1S/C10H12N6O3/c1-6-3-7(14-15(6)2)5-11-10(17)8-4-9(13-12-8)16(18)19/h3-4H,5H2,1-2H3,(H,11,17)(H,12,13). The third-order valence-corrected chi connectivity index (χ3v) is 2.59. The summed E-state index contributed by atoms with van der Waals surface area (Å²) >= 11 is 0. The van der Waals surface area contributed by atoms with E-state index >= 15 is 0 Å². The van der Waals surface area contributed by atoms with Crippen LogP contribution in [0, 0.1) is 17.0 Å². The maximum Gasteiger partial charge on any atom is 0.343 e. The predicted molar refractivity (Wildman–Crippen MR) is 64.4 cm³/mol. The van der Waals surface area contributed by atoms with Crippen LogP contribution in [0.1, 0.15) is 21.9 Å². The molecule has 0 fully saturated rings. The molecule has 100 valence electrons. The van der Waals surface area contributed by atoms with Crippen molar-refractivity contribution in [2.45, 2.75) is 13.5 Å². The van der Waals surface area contributed by atoms with Crippen molar-refractivity contribution in [3.63, 3.8) is 0 Å². The van der Waals surface area contributed by atoms with Crippen molar-refractivity contribution in [2.75, 3.05) is 0 Å². The number of hydrogen-bond donors (Lipinski definition) is 2. The maximum absolute atomic E-state index is 11.7. The molecule has 2 N–H and O–H groups in total. The fourth-order valence-electron chi connectivity index (χ4n) is 1.50. The number of carbonyl (C=O) groups is 1. The number of carbonyl (C=O) groups excluding carboxylic acids is 1. The number of aromatic nitrogens is 4. The van der Waals surface area contributed by atoms with Crippen molar-refractivity contribution in [3.8, 4) is 0 Å². The minimum absolute atomic E-state index is 0.0284. The molecule has 0 aliphatic carbocycles. The topological polar surface area (TPSA) is 119 Å². The first kappa shape index (κ1) is 12.7. The lowest BCUT2D eigenvalue weighted by molar-refractivity contribution is -0.389. The molecule has 0 unspecified atom stereocenters. The first-order valence-corrected chi connectivity index (χ1v) is 5.45. The zero-order valence-electron chi connectivity index (χ0n) is 10.4. The number of rotatable bonds is 4. The van der Waals surface area contributed by atoms with E-state index in [1.54, 1.807) is 11.7 Å². The molecule has 9 heteroatoms. The second kappa shape index (κ2) is 4.88. The summed E-state index contributed by atoms with van der Waals surface area (Å²) in [4.78, 5) is 21.5. The van der Waals surface area contributed by atoms with Gasteiger partial charge in [0, 0.05) is 12.7 Å². The van der Waals surface area contributed by atoms with Gasteiger partial charge in [0.1, 0.15) is 0 Å². The Morgan fingerprint density at radius 1 is 1.58 bits per heavy atom. The van der Waals surface area contributed by atoms with Gasteiger partial charge in [-0.1, -0.05) is 5.10 Å². The van der Waals surface area contributed by atoms with Gasteiger partial charge >= 0.3 is 5.82 Å². The van der Waals surface area contributed by atoms with Crippen molar-refractivity contribution >= 4 is 11.7 Å². The molecule has 0 radical (unpaired) electrons. The van der Waals surface area contributed by atoms with E-state index in [2.05, 4.69) is 20.6 Å². The molecule has 19 heavy (non-hydrogen) atoms. The smallest absolute Gasteiger partial charge is 0.343 e. The Morgan fingerprint density at radius 2 is 2.32 bits per heavy atom. The molecule has 1 amide bonds. The van der Waals surface area contributed by atoms with Crippen LogP contribution in [0.4, 0.5) is 5.82 Å². The maximum atomic E-state index is 11.7. The molecule has 0 saturated carbocycles. The Kier molecular flexibility index (Phi) is 3.27. The van der Waals surface area contributed by atoms with E-state index in [1.807, 2.05) is 13.0 Å². The number of aryl methyl sites for hydroxylation is 2. The van der Waals surface area contributed by atoms with Gasteiger partial charge in [-0.25, -0.2) is 0 Å². The van der Waals surface area contributed by atoms with E-state index in [0.29, 0.717) is 5.69 Å². The highest BCUT2D eigenvalue weighted by molar-refractivity contribution is 5.92. The van der Waals surface area contributed by atoms with Gasteiger partial charge in [-0.2, -0.15) is 5.10 Å². The molecule has 2 rings (SSSR count). The van der Waals surface area contributed by atoms with Gasteiger partial charge < -0.3 is 15.4 Å². The number of H-pyrrole nitrogens is 1. The number of nitrogens with zero attached hydrogens (tertiary/aromatic N) is 4. The van der Waals surface area contributed by atoms with Gasteiger partial charge in [-0.3, -0.25) is 9.48 Å². The number of amides is 1. The molecular weight excluding hydrogens is 252 g/mol. The monoisotopic (exact) mass is 264 g/mol. The van der Waals surface area contributed by atoms with E-state index in [4.69, 9.17) is 0 Å². The predicted octanol–water partition coefficient (Wildman–Crippen LogP) is 0.290. The first-order chi connectivity index (χ1) is 8.97. The van der Waals surface area contributed by atoms with Crippen LogP contribution in [0.15, 0.2) is 12.1 Å². The van der Waals surface area contributed by atoms with Crippen LogP contribution in [0.25, 0.3) is 0 Å². The second-order valence-corrected chi connectivity index (χ2v) is 3.98. The summed E-state index contributed by atoms with van der Waals surface area (Å²) in [6.07, 6.45) is 0. The summed E-state index contributed by atoms with van der Waals surface area (Å²) in [5.74, 6) is -0.813. The average Bonchev–Trinajstić information content (AvgIpc) is 2.95. The second-order valence-electron chi connectivity index (χ2n) is 3.98. The van der Waals surface area contributed by atoms with Crippen molar-refractivity contribution in [3.05, 3.63) is 39.3 Å². The van der Waals surface area contributed by atoms with E-state index in [1.165, 1.54) is 0 Å². The van der Waals surface area contributed by atoms with Gasteiger partial charge in [-0.05, 0) is 17.9 Å². The SMILES string of the molecule is Cc1cc(CNC(=O)c2cc([N+](=O)[O-])[nH]n2)nn1C. The molecule has 2 aromatic rings. The third kappa shape index (κ3) is 2.76. The normalized spacial score (nSPS) is 10.4. The molecule has 0 atom stereocenters. The molecule has 0 spiro atoms. The average molecular weight is 264 g/mol. The fourth-order valence-corrected chi connectivity index (χ4v) is 1.50. The van der Waals surface area contributed by atoms with Crippen LogP contribution in [0.3, 0.4) is 0 Å². The number of hydrogen-bond acceptors (Lipinski definition) is 5. The third-order valence-electron chi connectivity index (χ3n) is 2.59. The lowest BCUT2D eigenvalue weighted by atomic mass is 10.3. The van der Waals surface area contributed by atoms with Crippen LogP contribution in [-0.2, 0) is 13.6 Å². The number of nitrogens with one attached hydrogen (secondary N) is 2. The van der Waals surface area contributed by atoms with Crippen molar-refractivity contribution in [1.29, 1.82) is 0 Å². The molecule has 0 bridgehead atoms. The summed E-state index contributed by atoms with van der Waals surface area (Å²) in [6.45, 7) is 2.14. The highest BCUT2D eigenvalue weighted by Gasteiger charge is 2.16. The van der Waals surface area contributed by atoms with Gasteiger partial charge in [0.25, 0.3) is 5.91 Å². The summed E-state index contributed by atoms with van der Waals surface area (Å²) in [7, 11) is 1.80. The molecular formula is C10H12N6O3. The minimum Gasteiger partial charge on any atom is -0.358 e. The summed E-state index contributed by atoms with van der Waals surface area (Å²) in [5, 5.41) is 22.9. The van der Waals surface area contributed by atoms with E-state index in [9.17, 15) is 14.9 Å². The van der Waals surface area contributed by atoms with Crippen molar-refractivity contribution in [2.24, 2.45) is 7.05 Å². The van der Waals surface area contributed by atoms with Gasteiger partial charge in [-0.15, -0.1) is 5.10 Å². The molecule has 9 nitrogen and oxygen atoms in total. The van der Waals surface area contributed by atoms with Crippen LogP contribution in [0.2, 0.25) is 0 Å². The molecule has 2 aromatic heterocycles. The number of nitro groups is 1. The minimum atomic E-state index is -0.647. The van der Waals surface area contributed by atoms with Crippen molar-refractivity contribution < 1.29 is 9.72 Å². The van der Waals surface area contributed by atoms with E-state index in [0.717, 1.165) is 11.8 Å². The van der Waals surface area contributed by atoms with E-state index in [-0.39, 0.29) is 18.1 Å². The Morgan fingerprint density at radius 3 is 2.84 bits per heavy atom. The van der Waals surface area contributed by atoms with Gasteiger partial charge in [0.05, 0.1) is 18.3 Å². The lowest BCUT2D eigenvalue weighted by Gasteiger charge is -1.98. The van der Waals surface area contributed by atoms with Gasteiger partial charge in [0.2, 0.25) is 0 Å². The van der Waals surface area contributed by atoms with Crippen LogP contribution in [-0.4, -0.2) is 30.8 Å². The van der Waals surface area contributed by atoms with Crippen molar-refractivity contribution in [1.82, 2.24) is 25.3 Å². The van der Waals surface area contributed by atoms with Gasteiger partial charge in [0.15, 0.2) is 5.69 Å². The zero-order chi connectivity index (χ0) is 14.0. The molecule has 2 heterocycles. The van der Waals surface area contributed by atoms with Crippen LogP contribution in [0.5, 0.6) is 0 Å². The van der Waals surface area contributed by atoms with E-state index < -0.39 is 10.8 Å². The summed E-state index contributed by atoms with van der Waals surface area (Å²) in [5.41, 5.74) is 1.65. The Labute approximate surface area is 107 Å².